The van der Waals surface area contributed by atoms with E-state index in [1.54, 1.807) is 11.0 Å². The van der Waals surface area contributed by atoms with Crippen LogP contribution in [0.25, 0.3) is 11.0 Å². The first-order valence-electron chi connectivity index (χ1n) is 11.4. The van der Waals surface area contributed by atoms with Gasteiger partial charge in [0.1, 0.15) is 29.9 Å². The number of fused-ring (bicyclic) bond motifs is 1. The van der Waals surface area contributed by atoms with Crippen molar-refractivity contribution < 1.29 is 36.6 Å². The fraction of sp³-hybridized carbons (Fsp3) is 0.375. The third-order valence-electron chi connectivity index (χ3n) is 6.44. The molecule has 3 aromatic rings. The highest BCUT2D eigenvalue weighted by Gasteiger charge is 2.32. The van der Waals surface area contributed by atoms with Crippen LogP contribution in [0.1, 0.15) is 46.5 Å². The molecule has 4 heterocycles. The molecular weight excluding hydrogens is 484 g/mol. The van der Waals surface area contributed by atoms with Crippen molar-refractivity contribution in [1.29, 1.82) is 0 Å². The molecule has 8 nitrogen and oxygen atoms in total. The minimum atomic E-state index is -4.80. The lowest BCUT2D eigenvalue weighted by molar-refractivity contribution is -0.274. The maximum atomic E-state index is 14.9. The average Bonchev–Trinajstić information content (AvgIpc) is 3.28. The van der Waals surface area contributed by atoms with Crippen LogP contribution in [0.3, 0.4) is 0 Å². The summed E-state index contributed by atoms with van der Waals surface area (Å²) in [5, 5.41) is 3.37. The van der Waals surface area contributed by atoms with E-state index >= 15 is 0 Å². The molecule has 0 radical (unpaired) electrons. The number of pyridine rings is 1. The zero-order valence-electron chi connectivity index (χ0n) is 18.9. The van der Waals surface area contributed by atoms with Gasteiger partial charge in [0.2, 0.25) is 5.91 Å². The van der Waals surface area contributed by atoms with Crippen LogP contribution in [0.4, 0.5) is 17.6 Å². The lowest BCUT2D eigenvalue weighted by Crippen LogP contribution is -2.38. The van der Waals surface area contributed by atoms with Crippen LogP contribution < -0.4 is 10.1 Å². The molecule has 12 heteroatoms. The number of alkyl halides is 3. The van der Waals surface area contributed by atoms with Crippen molar-refractivity contribution in [1.82, 2.24) is 20.2 Å². The number of morpholine rings is 1. The Balaban J connectivity index is 1.28. The molecule has 2 N–H and O–H groups in total. The van der Waals surface area contributed by atoms with E-state index in [1.807, 2.05) is 0 Å². The summed E-state index contributed by atoms with van der Waals surface area (Å²) in [5.74, 6) is -1.50. The second-order valence-electron chi connectivity index (χ2n) is 8.75. The second kappa shape index (κ2) is 9.41. The third kappa shape index (κ3) is 4.99. The Bertz CT molecular complexity index is 1270. The van der Waals surface area contributed by atoms with E-state index < -0.39 is 17.9 Å². The molecule has 1 aromatic carbocycles. The lowest BCUT2D eigenvalue weighted by atomic mass is 9.87. The number of amides is 2. The van der Waals surface area contributed by atoms with Gasteiger partial charge in [-0.1, -0.05) is 0 Å². The smallest absolute Gasteiger partial charge is 0.406 e. The summed E-state index contributed by atoms with van der Waals surface area (Å²) >= 11 is 0. The molecule has 36 heavy (non-hydrogen) atoms. The van der Waals surface area contributed by atoms with E-state index in [4.69, 9.17) is 4.74 Å². The normalized spacial score (nSPS) is 19.4. The Kier molecular flexibility index (Phi) is 6.29. The molecule has 5 rings (SSSR count). The van der Waals surface area contributed by atoms with Gasteiger partial charge in [0.05, 0.1) is 6.20 Å². The number of carbonyl (C=O) groups excluding carboxylic acids is 2. The van der Waals surface area contributed by atoms with Crippen LogP contribution in [-0.2, 0) is 9.53 Å². The van der Waals surface area contributed by atoms with Gasteiger partial charge < -0.3 is 24.7 Å². The molecular formula is C24H22F4N4O4. The van der Waals surface area contributed by atoms with Crippen molar-refractivity contribution in [2.75, 3.05) is 26.2 Å². The Labute approximate surface area is 202 Å². The van der Waals surface area contributed by atoms with E-state index in [-0.39, 0.29) is 36.0 Å². The van der Waals surface area contributed by atoms with Crippen molar-refractivity contribution in [3.63, 3.8) is 0 Å². The predicted molar refractivity (Wildman–Crippen MR) is 119 cm³/mol. The summed E-state index contributed by atoms with van der Waals surface area (Å²) in [7, 11) is 0. The Morgan fingerprint density at radius 2 is 1.89 bits per heavy atom. The lowest BCUT2D eigenvalue weighted by Gasteiger charge is -2.32. The van der Waals surface area contributed by atoms with E-state index in [9.17, 15) is 27.2 Å². The molecule has 2 aliphatic heterocycles. The molecule has 2 saturated heterocycles. The zero-order chi connectivity index (χ0) is 25.4. The molecule has 2 fully saturated rings. The first kappa shape index (κ1) is 24.0. The van der Waals surface area contributed by atoms with Crippen LogP contribution >= 0.6 is 0 Å². The first-order chi connectivity index (χ1) is 17.2. The molecule has 0 spiro atoms. The number of piperidine rings is 1. The second-order valence-corrected chi connectivity index (χ2v) is 8.75. The SMILES string of the molecule is O=C1COC(c2cc3c(C4CCN(C(=O)c5ccc(OC(F)(F)F)cc5)CC4)c(F)cnc3[nH]2)CN1. The minimum Gasteiger partial charge on any atom is -0.406 e. The molecule has 2 aromatic heterocycles. The highest BCUT2D eigenvalue weighted by molar-refractivity contribution is 5.94. The number of hydrogen-bond donors (Lipinski definition) is 2. The number of carbonyl (C=O) groups is 2. The van der Waals surface area contributed by atoms with E-state index in [1.165, 1.54) is 18.3 Å². The maximum Gasteiger partial charge on any atom is 0.573 e. The van der Waals surface area contributed by atoms with Gasteiger partial charge >= 0.3 is 6.36 Å². The van der Waals surface area contributed by atoms with Crippen molar-refractivity contribution in [2.45, 2.75) is 31.2 Å². The molecule has 0 bridgehead atoms. The van der Waals surface area contributed by atoms with Gasteiger partial charge in [-0.15, -0.1) is 13.2 Å². The van der Waals surface area contributed by atoms with Gasteiger partial charge in [-0.2, -0.15) is 0 Å². The van der Waals surface area contributed by atoms with Gasteiger partial charge in [-0.25, -0.2) is 9.37 Å². The Morgan fingerprint density at radius 1 is 1.17 bits per heavy atom. The molecule has 1 unspecified atom stereocenters. The summed E-state index contributed by atoms with van der Waals surface area (Å²) in [6.45, 7) is 0.970. The number of ether oxygens (including phenoxy) is 2. The van der Waals surface area contributed by atoms with Crippen LogP contribution in [0.2, 0.25) is 0 Å². The number of H-pyrrole nitrogens is 1. The number of benzene rings is 1. The number of aromatic nitrogens is 2. The molecule has 2 amide bonds. The Morgan fingerprint density at radius 3 is 2.53 bits per heavy atom. The summed E-state index contributed by atoms with van der Waals surface area (Å²) < 4.78 is 61.4. The topological polar surface area (TPSA) is 96.6 Å². The third-order valence-corrected chi connectivity index (χ3v) is 6.44. The minimum absolute atomic E-state index is 0.0563. The van der Waals surface area contributed by atoms with Crippen molar-refractivity contribution in [3.8, 4) is 5.75 Å². The van der Waals surface area contributed by atoms with Crippen molar-refractivity contribution in [3.05, 3.63) is 59.2 Å². The van der Waals surface area contributed by atoms with Crippen LogP contribution in [0, 0.1) is 5.82 Å². The van der Waals surface area contributed by atoms with Gasteiger partial charge in [0, 0.05) is 41.8 Å². The molecule has 190 valence electrons. The fourth-order valence-corrected chi connectivity index (χ4v) is 4.72. The number of halogens is 4. The van der Waals surface area contributed by atoms with E-state index in [2.05, 4.69) is 20.0 Å². The number of hydrogen-bond acceptors (Lipinski definition) is 5. The summed E-state index contributed by atoms with van der Waals surface area (Å²) in [6, 6.07) is 6.57. The summed E-state index contributed by atoms with van der Waals surface area (Å²) in [6.07, 6.45) is -3.01. The number of likely N-dealkylation sites (tertiary alicyclic amines) is 1. The predicted octanol–water partition coefficient (Wildman–Crippen LogP) is 3.81. The number of rotatable bonds is 4. The first-order valence-corrected chi connectivity index (χ1v) is 11.4. The van der Waals surface area contributed by atoms with E-state index in [0.717, 1.165) is 12.1 Å². The van der Waals surface area contributed by atoms with Crippen molar-refractivity contribution in [2.24, 2.45) is 0 Å². The summed E-state index contributed by atoms with van der Waals surface area (Å²) in [4.78, 5) is 33.1. The van der Waals surface area contributed by atoms with Crippen LogP contribution in [0.15, 0.2) is 36.5 Å². The zero-order valence-corrected chi connectivity index (χ0v) is 18.9. The molecule has 2 aliphatic rings. The molecule has 1 atom stereocenters. The molecule has 0 saturated carbocycles. The highest BCUT2D eigenvalue weighted by Crippen LogP contribution is 2.36. The quantitative estimate of drug-likeness (QED) is 0.525. The van der Waals surface area contributed by atoms with Gasteiger partial charge in [0.15, 0.2) is 0 Å². The fourth-order valence-electron chi connectivity index (χ4n) is 4.72. The Hall–Kier alpha value is -3.67. The summed E-state index contributed by atoms with van der Waals surface area (Å²) in [5.41, 5.74) is 1.97. The maximum absolute atomic E-state index is 14.9. The van der Waals surface area contributed by atoms with Gasteiger partial charge in [-0.3, -0.25) is 9.59 Å². The number of nitrogens with one attached hydrogen (secondary N) is 2. The van der Waals surface area contributed by atoms with Gasteiger partial charge in [-0.05, 0) is 49.1 Å². The standard InChI is InChI=1S/C24H22F4N4O4/c25-17-10-30-22-16(9-18(31-22)19-11-29-20(33)12-35-19)21(17)13-5-7-32(8-6-13)23(34)14-1-3-15(4-2-14)36-24(26,27)28/h1-4,9-10,13,19H,5-8,11-12H2,(H,29,33)(H,30,31). The van der Waals surface area contributed by atoms with Crippen LogP contribution in [-0.4, -0.2) is 59.3 Å². The monoisotopic (exact) mass is 506 g/mol. The highest BCUT2D eigenvalue weighted by atomic mass is 19.4. The molecule has 0 aliphatic carbocycles. The number of aromatic amines is 1. The number of nitrogens with zero attached hydrogens (tertiary/aromatic N) is 2. The average molecular weight is 506 g/mol. The van der Waals surface area contributed by atoms with Crippen LogP contribution in [0.5, 0.6) is 5.75 Å². The van der Waals surface area contributed by atoms with Crippen molar-refractivity contribution >= 4 is 22.8 Å². The largest absolute Gasteiger partial charge is 0.573 e. The van der Waals surface area contributed by atoms with Gasteiger partial charge in [0.25, 0.3) is 5.91 Å². The van der Waals surface area contributed by atoms with E-state index in [0.29, 0.717) is 54.8 Å².